The molecule has 0 aromatic carbocycles. The van der Waals surface area contributed by atoms with Crippen LogP contribution in [0.1, 0.15) is 90.4 Å². The van der Waals surface area contributed by atoms with Crippen LogP contribution in [-0.2, 0) is 4.79 Å². The molecule has 3 heteroatoms. The second kappa shape index (κ2) is 15.6. The summed E-state index contributed by atoms with van der Waals surface area (Å²) in [6, 6.07) is 0. The van der Waals surface area contributed by atoms with Gasteiger partial charge in [0.25, 0.3) is 0 Å². The van der Waals surface area contributed by atoms with Gasteiger partial charge in [-0.2, -0.15) is 0 Å². The van der Waals surface area contributed by atoms with Crippen LogP contribution in [0.3, 0.4) is 0 Å². The van der Waals surface area contributed by atoms with E-state index in [1.165, 1.54) is 70.3 Å². The predicted octanol–water partition coefficient (Wildman–Crippen LogP) is 5.08. The Morgan fingerprint density at radius 3 is 1.71 bits per heavy atom. The van der Waals surface area contributed by atoms with Crippen LogP contribution in [0.25, 0.3) is 0 Å². The molecule has 0 saturated carbocycles. The predicted molar refractivity (Wildman–Crippen MR) is 88.5 cm³/mol. The fourth-order valence-corrected chi connectivity index (χ4v) is 2.48. The summed E-state index contributed by atoms with van der Waals surface area (Å²) in [6.07, 6.45) is 18.0. The van der Waals surface area contributed by atoms with Crippen molar-refractivity contribution in [2.75, 3.05) is 0 Å². The molecule has 1 unspecified atom stereocenters. The third-order valence-corrected chi connectivity index (χ3v) is 3.81. The highest BCUT2D eigenvalue weighted by Crippen LogP contribution is 2.13. The number of carboxylic acid groups (broad SMARTS) is 1. The number of hydrogen-bond donors (Lipinski definition) is 2. The second-order valence-corrected chi connectivity index (χ2v) is 5.94. The number of hydrogen-bond acceptors (Lipinski definition) is 2. The molecule has 3 nitrogen and oxygen atoms in total. The number of aliphatic hydroxyl groups is 1. The smallest absolute Gasteiger partial charge is 0.328 e. The van der Waals surface area contributed by atoms with E-state index in [-0.39, 0.29) is 0 Å². The Morgan fingerprint density at radius 1 is 0.857 bits per heavy atom. The normalized spacial score (nSPS) is 12.9. The Hall–Kier alpha value is -0.830. The van der Waals surface area contributed by atoms with Crippen LogP contribution in [0.2, 0.25) is 0 Å². The Morgan fingerprint density at radius 2 is 1.29 bits per heavy atom. The Balaban J connectivity index is 3.17. The number of unbranched alkanes of at least 4 members (excludes halogenated alkanes) is 11. The molecule has 0 spiro atoms. The molecule has 21 heavy (non-hydrogen) atoms. The zero-order valence-electron chi connectivity index (χ0n) is 13.7. The molecule has 0 aromatic rings. The SMILES string of the molecule is CCCCCCCCCCCCCCC(O)C=CC(=O)O. The lowest BCUT2D eigenvalue weighted by Gasteiger charge is -2.05. The molecular weight excluding hydrogens is 264 g/mol. The number of aliphatic hydroxyl groups excluding tert-OH is 1. The standard InChI is InChI=1S/C18H34O3/c1-2-3-4-5-6-7-8-9-10-11-12-13-14-17(19)15-16-18(20)21/h15-17,19H,2-14H2,1H3,(H,20,21). The largest absolute Gasteiger partial charge is 0.478 e. The molecule has 0 rings (SSSR count). The van der Waals surface area contributed by atoms with Crippen LogP contribution in [0.5, 0.6) is 0 Å². The van der Waals surface area contributed by atoms with Gasteiger partial charge in [0.1, 0.15) is 0 Å². The van der Waals surface area contributed by atoms with Crippen molar-refractivity contribution in [3.8, 4) is 0 Å². The highest BCUT2D eigenvalue weighted by atomic mass is 16.4. The quantitative estimate of drug-likeness (QED) is 0.327. The monoisotopic (exact) mass is 298 g/mol. The van der Waals surface area contributed by atoms with E-state index in [0.29, 0.717) is 6.42 Å². The average molecular weight is 298 g/mol. The third-order valence-electron chi connectivity index (χ3n) is 3.81. The molecule has 0 amide bonds. The molecule has 1 atom stereocenters. The molecule has 0 heterocycles. The van der Waals surface area contributed by atoms with E-state index >= 15 is 0 Å². The van der Waals surface area contributed by atoms with Gasteiger partial charge < -0.3 is 10.2 Å². The van der Waals surface area contributed by atoms with Gasteiger partial charge in [0, 0.05) is 6.08 Å². The van der Waals surface area contributed by atoms with E-state index in [0.717, 1.165) is 18.9 Å². The molecule has 0 saturated heterocycles. The number of rotatable bonds is 15. The first-order chi connectivity index (χ1) is 10.2. The fraction of sp³-hybridized carbons (Fsp3) is 0.833. The van der Waals surface area contributed by atoms with Crippen molar-refractivity contribution in [1.29, 1.82) is 0 Å². The lowest BCUT2D eigenvalue weighted by atomic mass is 10.0. The van der Waals surface area contributed by atoms with Gasteiger partial charge >= 0.3 is 5.97 Å². The lowest BCUT2D eigenvalue weighted by Crippen LogP contribution is -2.03. The second-order valence-electron chi connectivity index (χ2n) is 5.94. The van der Waals surface area contributed by atoms with Crippen molar-refractivity contribution >= 4 is 5.97 Å². The molecule has 0 aliphatic rings. The van der Waals surface area contributed by atoms with E-state index < -0.39 is 12.1 Å². The minimum absolute atomic E-state index is 0.607. The molecule has 0 aromatic heterocycles. The fourth-order valence-electron chi connectivity index (χ4n) is 2.48. The Labute approximate surface area is 130 Å². The number of carbonyl (C=O) groups is 1. The first kappa shape index (κ1) is 20.2. The summed E-state index contributed by atoms with van der Waals surface area (Å²) >= 11 is 0. The minimum Gasteiger partial charge on any atom is -0.478 e. The molecule has 2 N–H and O–H groups in total. The molecule has 0 radical (unpaired) electrons. The van der Waals surface area contributed by atoms with Crippen LogP contribution < -0.4 is 0 Å². The summed E-state index contributed by atoms with van der Waals surface area (Å²) in [7, 11) is 0. The summed E-state index contributed by atoms with van der Waals surface area (Å²) < 4.78 is 0. The summed E-state index contributed by atoms with van der Waals surface area (Å²) in [6.45, 7) is 2.25. The topological polar surface area (TPSA) is 57.5 Å². The first-order valence-electron chi connectivity index (χ1n) is 8.76. The number of aliphatic carboxylic acids is 1. The molecular formula is C18H34O3. The van der Waals surface area contributed by atoms with Crippen molar-refractivity contribution in [3.05, 3.63) is 12.2 Å². The number of carboxylic acids is 1. The van der Waals surface area contributed by atoms with Gasteiger partial charge in [-0.25, -0.2) is 4.79 Å². The van der Waals surface area contributed by atoms with Gasteiger partial charge in [0.15, 0.2) is 0 Å². The van der Waals surface area contributed by atoms with Gasteiger partial charge in [0.05, 0.1) is 6.10 Å². The Bertz CT molecular complexity index is 261. The average Bonchev–Trinajstić information content (AvgIpc) is 2.46. The maximum absolute atomic E-state index is 10.3. The van der Waals surface area contributed by atoms with Crippen molar-refractivity contribution in [2.24, 2.45) is 0 Å². The van der Waals surface area contributed by atoms with E-state index in [1.54, 1.807) is 0 Å². The molecule has 0 aliphatic carbocycles. The summed E-state index contributed by atoms with van der Waals surface area (Å²) in [4.78, 5) is 10.3. The third kappa shape index (κ3) is 17.1. The summed E-state index contributed by atoms with van der Waals surface area (Å²) in [5, 5.41) is 17.9. The van der Waals surface area contributed by atoms with E-state index in [2.05, 4.69) is 6.92 Å². The van der Waals surface area contributed by atoms with Crippen molar-refractivity contribution in [1.82, 2.24) is 0 Å². The van der Waals surface area contributed by atoms with Crippen LogP contribution in [0.4, 0.5) is 0 Å². The maximum Gasteiger partial charge on any atom is 0.328 e. The highest BCUT2D eigenvalue weighted by Gasteiger charge is 2.00. The van der Waals surface area contributed by atoms with E-state index in [4.69, 9.17) is 5.11 Å². The highest BCUT2D eigenvalue weighted by molar-refractivity contribution is 5.79. The minimum atomic E-state index is -0.997. The van der Waals surface area contributed by atoms with Crippen molar-refractivity contribution in [2.45, 2.75) is 96.5 Å². The van der Waals surface area contributed by atoms with Crippen molar-refractivity contribution < 1.29 is 15.0 Å². The lowest BCUT2D eigenvalue weighted by molar-refractivity contribution is -0.131. The van der Waals surface area contributed by atoms with Crippen LogP contribution >= 0.6 is 0 Å². The first-order valence-corrected chi connectivity index (χ1v) is 8.76. The summed E-state index contributed by atoms with van der Waals surface area (Å²) in [5.74, 6) is -0.997. The Kier molecular flexibility index (Phi) is 14.9. The van der Waals surface area contributed by atoms with Crippen LogP contribution in [-0.4, -0.2) is 22.3 Å². The molecule has 124 valence electrons. The molecule has 0 fully saturated rings. The zero-order chi connectivity index (χ0) is 15.8. The van der Waals surface area contributed by atoms with E-state index in [9.17, 15) is 9.90 Å². The molecule has 0 bridgehead atoms. The van der Waals surface area contributed by atoms with Gasteiger partial charge in [-0.05, 0) is 12.5 Å². The maximum atomic E-state index is 10.3. The van der Waals surface area contributed by atoms with Gasteiger partial charge in [-0.3, -0.25) is 0 Å². The summed E-state index contributed by atoms with van der Waals surface area (Å²) in [5.41, 5.74) is 0. The molecule has 0 aliphatic heterocycles. The van der Waals surface area contributed by atoms with Crippen molar-refractivity contribution in [3.63, 3.8) is 0 Å². The zero-order valence-corrected chi connectivity index (χ0v) is 13.7. The van der Waals surface area contributed by atoms with Gasteiger partial charge in [-0.15, -0.1) is 0 Å². The van der Waals surface area contributed by atoms with Gasteiger partial charge in [-0.1, -0.05) is 84.0 Å². The van der Waals surface area contributed by atoms with Gasteiger partial charge in [0.2, 0.25) is 0 Å². The van der Waals surface area contributed by atoms with Crippen LogP contribution in [0.15, 0.2) is 12.2 Å². The van der Waals surface area contributed by atoms with E-state index in [1.807, 2.05) is 0 Å². The van der Waals surface area contributed by atoms with Crippen LogP contribution in [0, 0.1) is 0 Å².